The molecule has 0 aromatic heterocycles. The van der Waals surface area contributed by atoms with Gasteiger partial charge < -0.3 is 20.3 Å². The minimum Gasteiger partial charge on any atom is -0.458 e. The molecule has 0 spiro atoms. The van der Waals surface area contributed by atoms with Crippen molar-refractivity contribution in [2.75, 3.05) is 6.61 Å². The van der Waals surface area contributed by atoms with Crippen molar-refractivity contribution in [2.24, 2.45) is 0 Å². The number of unbranched alkanes of at least 4 members (excludes halogenated alkanes) is 21. The number of hydrogen-bond donors (Lipinski definition) is 3. The molecule has 0 saturated heterocycles. The first-order valence-electron chi connectivity index (χ1n) is 24.7. The zero-order valence-corrected chi connectivity index (χ0v) is 38.6. The predicted molar refractivity (Wildman–Crippen MR) is 255 cm³/mol. The highest BCUT2D eigenvalue weighted by molar-refractivity contribution is 5.78. The van der Waals surface area contributed by atoms with Gasteiger partial charge in [0, 0.05) is 6.42 Å². The summed E-state index contributed by atoms with van der Waals surface area (Å²) < 4.78 is 5.80. The molecule has 0 fully saturated rings. The molecule has 3 unspecified atom stereocenters. The molecule has 6 nitrogen and oxygen atoms in total. The summed E-state index contributed by atoms with van der Waals surface area (Å²) in [6, 6.07) is -0.740. The molecule has 6 heteroatoms. The van der Waals surface area contributed by atoms with Gasteiger partial charge in [0.2, 0.25) is 5.91 Å². The van der Waals surface area contributed by atoms with Crippen LogP contribution in [-0.4, -0.2) is 46.9 Å². The number of carbonyl (C=O) groups is 2. The van der Waals surface area contributed by atoms with Crippen LogP contribution in [0.2, 0.25) is 0 Å². The van der Waals surface area contributed by atoms with Crippen LogP contribution in [0.25, 0.3) is 0 Å². The highest BCUT2D eigenvalue weighted by Crippen LogP contribution is 2.15. The van der Waals surface area contributed by atoms with Gasteiger partial charge in [-0.3, -0.25) is 9.59 Å². The zero-order chi connectivity index (χ0) is 43.1. The highest BCUT2D eigenvalue weighted by Gasteiger charge is 2.23. The van der Waals surface area contributed by atoms with Crippen molar-refractivity contribution < 1.29 is 24.5 Å². The molecule has 59 heavy (non-hydrogen) atoms. The number of nitrogens with one attached hydrogen (secondary N) is 1. The monoisotopic (exact) mass is 824 g/mol. The van der Waals surface area contributed by atoms with Gasteiger partial charge in [0.05, 0.1) is 25.2 Å². The summed E-state index contributed by atoms with van der Waals surface area (Å²) in [6.07, 6.45) is 58.5. The van der Waals surface area contributed by atoms with Gasteiger partial charge in [-0.05, 0) is 83.1 Å². The van der Waals surface area contributed by atoms with E-state index in [1.807, 2.05) is 12.2 Å². The van der Waals surface area contributed by atoms with Crippen molar-refractivity contribution in [2.45, 2.75) is 244 Å². The summed E-state index contributed by atoms with van der Waals surface area (Å²) in [7, 11) is 0. The molecular weight excluding hydrogens is 731 g/mol. The second-order valence-electron chi connectivity index (χ2n) is 16.5. The van der Waals surface area contributed by atoms with Crippen LogP contribution >= 0.6 is 0 Å². The molecule has 0 radical (unpaired) electrons. The maximum Gasteiger partial charge on any atom is 0.306 e. The molecule has 340 valence electrons. The van der Waals surface area contributed by atoms with E-state index in [-0.39, 0.29) is 24.9 Å². The number of rotatable bonds is 43. The quantitative estimate of drug-likeness (QED) is 0.0323. The van der Waals surface area contributed by atoms with E-state index in [2.05, 4.69) is 86.8 Å². The van der Waals surface area contributed by atoms with E-state index in [0.717, 1.165) is 70.6 Å². The van der Waals surface area contributed by atoms with Gasteiger partial charge in [0.1, 0.15) is 6.10 Å². The van der Waals surface area contributed by atoms with E-state index in [4.69, 9.17) is 4.74 Å². The molecule has 0 bridgehead atoms. The van der Waals surface area contributed by atoms with E-state index >= 15 is 0 Å². The molecule has 3 N–H and O–H groups in total. The van der Waals surface area contributed by atoms with Crippen molar-refractivity contribution in [3.63, 3.8) is 0 Å². The molecular formula is C53H93NO5. The number of ether oxygens (including phenoxy) is 1. The summed E-state index contributed by atoms with van der Waals surface area (Å²) in [6.45, 7) is 6.38. The number of aliphatic hydroxyl groups excluding tert-OH is 2. The Morgan fingerprint density at radius 2 is 0.898 bits per heavy atom. The Bertz CT molecular complexity index is 1110. The second kappa shape index (κ2) is 46.4. The molecule has 0 aliphatic carbocycles. The third-order valence-electron chi connectivity index (χ3n) is 10.8. The maximum absolute atomic E-state index is 13.1. The SMILES string of the molecule is CCCCC/C=C\C/C=C\C/C=C\C/C=C\CCCCCC(=O)OC(/C=C/C/C=C\CCCCCCCC)CC(=O)NC(CO)C(O)CCCCCCCCCCCC. The van der Waals surface area contributed by atoms with Crippen LogP contribution in [0, 0.1) is 0 Å². The molecule has 0 aliphatic rings. The summed E-state index contributed by atoms with van der Waals surface area (Å²) >= 11 is 0. The first kappa shape index (κ1) is 56.3. The van der Waals surface area contributed by atoms with Crippen LogP contribution in [0.15, 0.2) is 72.9 Å². The lowest BCUT2D eigenvalue weighted by Crippen LogP contribution is -2.46. The zero-order valence-electron chi connectivity index (χ0n) is 38.6. The molecule has 0 saturated carbocycles. The van der Waals surface area contributed by atoms with Crippen LogP contribution in [0.3, 0.4) is 0 Å². The van der Waals surface area contributed by atoms with Gasteiger partial charge in [-0.1, -0.05) is 203 Å². The molecule has 0 rings (SSSR count). The van der Waals surface area contributed by atoms with Crippen LogP contribution in [0.1, 0.15) is 226 Å². The number of esters is 1. The normalized spacial score (nSPS) is 13.9. The third kappa shape index (κ3) is 41.8. The lowest BCUT2D eigenvalue weighted by molar-refractivity contribution is -0.148. The van der Waals surface area contributed by atoms with Gasteiger partial charge in [0.25, 0.3) is 0 Å². The first-order chi connectivity index (χ1) is 29.0. The Balaban J connectivity index is 4.68. The largest absolute Gasteiger partial charge is 0.458 e. The molecule has 0 aliphatic heterocycles. The van der Waals surface area contributed by atoms with Crippen molar-refractivity contribution >= 4 is 11.9 Å². The number of allylic oxidation sites excluding steroid dienone is 11. The third-order valence-corrected chi connectivity index (χ3v) is 10.8. The lowest BCUT2D eigenvalue weighted by Gasteiger charge is -2.23. The van der Waals surface area contributed by atoms with Gasteiger partial charge in [-0.2, -0.15) is 0 Å². The fraction of sp³-hybridized carbons (Fsp3) is 0.736. The fourth-order valence-electron chi connectivity index (χ4n) is 6.97. The average Bonchev–Trinajstić information content (AvgIpc) is 3.23. The van der Waals surface area contributed by atoms with Crippen molar-refractivity contribution in [3.8, 4) is 0 Å². The fourth-order valence-corrected chi connectivity index (χ4v) is 6.97. The van der Waals surface area contributed by atoms with Crippen LogP contribution in [0.5, 0.6) is 0 Å². The Morgan fingerprint density at radius 1 is 0.508 bits per heavy atom. The van der Waals surface area contributed by atoms with E-state index in [1.165, 1.54) is 109 Å². The number of amides is 1. The van der Waals surface area contributed by atoms with Crippen molar-refractivity contribution in [3.05, 3.63) is 72.9 Å². The predicted octanol–water partition coefficient (Wildman–Crippen LogP) is 14.6. The highest BCUT2D eigenvalue weighted by atomic mass is 16.5. The minimum absolute atomic E-state index is 0.0444. The van der Waals surface area contributed by atoms with Gasteiger partial charge in [-0.15, -0.1) is 0 Å². The van der Waals surface area contributed by atoms with Gasteiger partial charge >= 0.3 is 5.97 Å². The van der Waals surface area contributed by atoms with Crippen molar-refractivity contribution in [1.29, 1.82) is 0 Å². The number of aliphatic hydroxyl groups is 2. The molecule has 0 heterocycles. The topological polar surface area (TPSA) is 95.9 Å². The average molecular weight is 824 g/mol. The minimum atomic E-state index is -0.817. The lowest BCUT2D eigenvalue weighted by atomic mass is 10.0. The summed E-state index contributed by atoms with van der Waals surface area (Å²) in [4.78, 5) is 26.0. The van der Waals surface area contributed by atoms with E-state index < -0.39 is 18.2 Å². The summed E-state index contributed by atoms with van der Waals surface area (Å²) in [5.41, 5.74) is 0. The molecule has 3 atom stereocenters. The number of carbonyl (C=O) groups excluding carboxylic acids is 2. The van der Waals surface area contributed by atoms with Crippen LogP contribution in [-0.2, 0) is 14.3 Å². The van der Waals surface area contributed by atoms with Gasteiger partial charge in [0.15, 0.2) is 0 Å². The summed E-state index contributed by atoms with van der Waals surface area (Å²) in [5, 5.41) is 23.6. The summed E-state index contributed by atoms with van der Waals surface area (Å²) in [5.74, 6) is -0.644. The van der Waals surface area contributed by atoms with E-state index in [1.54, 1.807) is 0 Å². The maximum atomic E-state index is 13.1. The van der Waals surface area contributed by atoms with E-state index in [0.29, 0.717) is 19.3 Å². The van der Waals surface area contributed by atoms with Gasteiger partial charge in [-0.25, -0.2) is 0 Å². The second-order valence-corrected chi connectivity index (χ2v) is 16.5. The van der Waals surface area contributed by atoms with Crippen molar-refractivity contribution in [1.82, 2.24) is 5.32 Å². The molecule has 1 amide bonds. The van der Waals surface area contributed by atoms with Crippen LogP contribution < -0.4 is 5.32 Å². The molecule has 0 aromatic carbocycles. The Morgan fingerprint density at radius 3 is 1.39 bits per heavy atom. The molecule has 0 aromatic rings. The van der Waals surface area contributed by atoms with Crippen LogP contribution in [0.4, 0.5) is 0 Å². The first-order valence-corrected chi connectivity index (χ1v) is 24.7. The Hall–Kier alpha value is -2.70. The Kier molecular flexibility index (Phi) is 44.2. The van der Waals surface area contributed by atoms with E-state index in [9.17, 15) is 19.8 Å². The number of hydrogen-bond acceptors (Lipinski definition) is 5. The smallest absolute Gasteiger partial charge is 0.306 e. The standard InChI is InChI=1S/C53H93NO5/c1-4-7-10-13-16-19-22-23-24-25-26-27-28-29-31-34-37-40-43-46-53(58)59-49(44-41-38-35-32-30-20-17-14-11-8-5-2)47-52(57)54-50(48-55)51(56)45-42-39-36-33-21-18-15-12-9-6-3/h16,19,23-24,26-27,29,31-32,35,41,44,49-51,55-56H,4-15,17-18,20-22,25,28,30,33-34,36-40,42-43,45-48H2,1-3H3,(H,54,57)/b19-16-,24-23-,27-26-,31-29-,35-32-,44-41+. The Labute approximate surface area is 364 Å².